The molecule has 3 heterocycles. The molecule has 0 bridgehead atoms. The lowest BCUT2D eigenvalue weighted by molar-refractivity contribution is -0.114. The number of nitrogens with two attached hydrogens (primary N) is 2. The smallest absolute Gasteiger partial charge is 0.252 e. The van der Waals surface area contributed by atoms with Crippen LogP contribution in [0.5, 0.6) is 0 Å². The van der Waals surface area contributed by atoms with Crippen LogP contribution in [0, 0.1) is 5.82 Å². The Morgan fingerprint density at radius 2 is 2.03 bits per heavy atom. The van der Waals surface area contributed by atoms with Gasteiger partial charge in [-0.15, -0.1) is 0 Å². The van der Waals surface area contributed by atoms with Crippen LogP contribution in [0.15, 0.2) is 24.0 Å². The lowest BCUT2D eigenvalue weighted by Crippen LogP contribution is -2.42. The number of hydrogen-bond donors (Lipinski definition) is 4. The van der Waals surface area contributed by atoms with E-state index in [1.807, 2.05) is 18.7 Å². The number of nitrogen functional groups attached to an aromatic ring is 1. The van der Waals surface area contributed by atoms with Crippen molar-refractivity contribution in [2.45, 2.75) is 38.3 Å². The van der Waals surface area contributed by atoms with Gasteiger partial charge < -0.3 is 31.9 Å². The summed E-state index contributed by atoms with van der Waals surface area (Å²) in [5.74, 6) is -0.517. The van der Waals surface area contributed by atoms with E-state index in [4.69, 9.17) is 11.5 Å². The molecule has 156 valence electrons. The molecule has 0 spiro atoms. The second-order valence-electron chi connectivity index (χ2n) is 8.84. The maximum Gasteiger partial charge on any atom is 0.252 e. The van der Waals surface area contributed by atoms with Gasteiger partial charge in [-0.05, 0) is 58.5 Å². The number of anilines is 3. The van der Waals surface area contributed by atoms with Crippen molar-refractivity contribution in [3.63, 3.8) is 0 Å². The Labute approximate surface area is 170 Å². The summed E-state index contributed by atoms with van der Waals surface area (Å²) in [4.78, 5) is 16.4. The van der Waals surface area contributed by atoms with E-state index in [9.17, 15) is 4.79 Å². The zero-order valence-electron chi connectivity index (χ0n) is 17.2. The zero-order valence-corrected chi connectivity index (χ0v) is 17.2. The number of primary amides is 1. The van der Waals surface area contributed by atoms with Crippen LogP contribution in [0.2, 0.25) is 0 Å². The molecule has 0 aromatic heterocycles. The number of rotatable bonds is 3. The normalized spacial score (nSPS) is 21.7. The summed E-state index contributed by atoms with van der Waals surface area (Å²) in [5.41, 5.74) is 13.7. The Morgan fingerprint density at radius 1 is 1.38 bits per heavy atom. The molecule has 0 unspecified atom stereocenters. The summed E-state index contributed by atoms with van der Waals surface area (Å²) in [7, 11) is 2.09. The van der Waals surface area contributed by atoms with Crippen LogP contribution in [0.25, 0.3) is 5.57 Å². The molecule has 2 fully saturated rings. The lowest BCUT2D eigenvalue weighted by Gasteiger charge is -2.39. The minimum Gasteiger partial charge on any atom is -0.396 e. The molecule has 3 aliphatic heterocycles. The van der Waals surface area contributed by atoms with Gasteiger partial charge in [0.15, 0.2) is 5.82 Å². The van der Waals surface area contributed by atoms with Gasteiger partial charge >= 0.3 is 0 Å². The van der Waals surface area contributed by atoms with Gasteiger partial charge in [0.1, 0.15) is 5.82 Å². The molecule has 8 heteroatoms. The van der Waals surface area contributed by atoms with Crippen LogP contribution < -0.4 is 27.0 Å². The first-order valence-electron chi connectivity index (χ1n) is 9.96. The van der Waals surface area contributed by atoms with E-state index in [1.165, 1.54) is 0 Å². The number of halogens is 1. The zero-order chi connectivity index (χ0) is 21.1. The molecule has 1 aromatic rings. The topological polar surface area (TPSA) is 99.6 Å². The Bertz CT molecular complexity index is 930. The van der Waals surface area contributed by atoms with E-state index < -0.39 is 11.7 Å². The third kappa shape index (κ3) is 3.02. The summed E-state index contributed by atoms with van der Waals surface area (Å²) in [6, 6.07) is 1.97. The Balaban J connectivity index is 1.82. The van der Waals surface area contributed by atoms with E-state index >= 15 is 4.39 Å². The average Bonchev–Trinajstić information content (AvgIpc) is 2.96. The van der Waals surface area contributed by atoms with E-state index in [-0.39, 0.29) is 22.8 Å². The third-order valence-electron chi connectivity index (χ3n) is 6.20. The molecular weight excluding hydrogens is 371 g/mol. The number of fused-ring (bicyclic) bond motifs is 3. The van der Waals surface area contributed by atoms with E-state index in [0.29, 0.717) is 29.2 Å². The summed E-state index contributed by atoms with van der Waals surface area (Å²) in [6.07, 6.45) is 1.88. The van der Waals surface area contributed by atoms with Crippen LogP contribution in [0.1, 0.15) is 32.3 Å². The first kappa shape index (κ1) is 19.6. The van der Waals surface area contributed by atoms with Crippen LogP contribution in [0.4, 0.5) is 21.5 Å². The Kier molecular flexibility index (Phi) is 4.49. The van der Waals surface area contributed by atoms with Crippen molar-refractivity contribution in [3.05, 3.63) is 35.4 Å². The number of nitrogens with one attached hydrogen (secondary N) is 2. The van der Waals surface area contributed by atoms with Gasteiger partial charge in [-0.25, -0.2) is 4.39 Å². The van der Waals surface area contributed by atoms with E-state index in [2.05, 4.69) is 29.2 Å². The largest absolute Gasteiger partial charge is 0.396 e. The minimum atomic E-state index is -0.612. The first-order valence-corrected chi connectivity index (χ1v) is 9.96. The minimum absolute atomic E-state index is 0.0107. The number of likely N-dealkylation sites (tertiary alicyclic amines) is 1. The SMILES string of the molecule is C=C1C(C(N)=O)=C2NCC(C)(C)N2c2cc(NC3CCN(C)CC3)c(F)c(N)c21. The lowest BCUT2D eigenvalue weighted by atomic mass is 9.89. The molecule has 1 aromatic carbocycles. The highest BCUT2D eigenvalue weighted by molar-refractivity contribution is 6.14. The summed E-state index contributed by atoms with van der Waals surface area (Å²) in [6.45, 7) is 10.7. The van der Waals surface area contributed by atoms with Crippen LogP contribution in [0.3, 0.4) is 0 Å². The van der Waals surface area contributed by atoms with E-state index in [0.717, 1.165) is 31.6 Å². The number of amides is 1. The number of nitrogens with zero attached hydrogens (tertiary/aromatic N) is 2. The summed E-state index contributed by atoms with van der Waals surface area (Å²) >= 11 is 0. The number of benzene rings is 1. The maximum absolute atomic E-state index is 15.3. The van der Waals surface area contributed by atoms with Crippen LogP contribution in [-0.2, 0) is 4.79 Å². The highest BCUT2D eigenvalue weighted by Crippen LogP contribution is 2.49. The number of piperidine rings is 1. The second kappa shape index (κ2) is 6.66. The van der Waals surface area contributed by atoms with Gasteiger partial charge in [-0.2, -0.15) is 0 Å². The molecule has 29 heavy (non-hydrogen) atoms. The van der Waals surface area contributed by atoms with Crippen molar-refractivity contribution in [2.75, 3.05) is 42.6 Å². The van der Waals surface area contributed by atoms with Gasteiger partial charge in [-0.3, -0.25) is 4.79 Å². The van der Waals surface area contributed by atoms with Crippen molar-refractivity contribution in [3.8, 4) is 0 Å². The third-order valence-corrected chi connectivity index (χ3v) is 6.20. The maximum atomic E-state index is 15.3. The van der Waals surface area contributed by atoms with Crippen molar-refractivity contribution < 1.29 is 9.18 Å². The highest BCUT2D eigenvalue weighted by atomic mass is 19.1. The quantitative estimate of drug-likeness (QED) is 0.578. The van der Waals surface area contributed by atoms with Crippen LogP contribution in [-0.4, -0.2) is 49.1 Å². The average molecular weight is 401 g/mol. The van der Waals surface area contributed by atoms with Crippen molar-refractivity contribution in [1.82, 2.24) is 10.2 Å². The first-order chi connectivity index (χ1) is 13.6. The number of carbonyl (C=O) groups excluding carboxylic acids is 1. The van der Waals surface area contributed by atoms with Gasteiger partial charge in [0.25, 0.3) is 5.91 Å². The molecule has 0 atom stereocenters. The summed E-state index contributed by atoms with van der Waals surface area (Å²) < 4.78 is 15.3. The molecule has 0 radical (unpaired) electrons. The van der Waals surface area contributed by atoms with Crippen molar-refractivity contribution >= 4 is 28.5 Å². The van der Waals surface area contributed by atoms with Gasteiger partial charge in [0.2, 0.25) is 0 Å². The Hall–Kier alpha value is -2.74. The van der Waals surface area contributed by atoms with Crippen molar-refractivity contribution in [2.24, 2.45) is 5.73 Å². The Morgan fingerprint density at radius 3 is 2.66 bits per heavy atom. The molecule has 2 saturated heterocycles. The molecule has 3 aliphatic rings. The van der Waals surface area contributed by atoms with Gasteiger partial charge in [-0.1, -0.05) is 6.58 Å². The van der Waals surface area contributed by atoms with E-state index in [1.54, 1.807) is 6.07 Å². The molecule has 0 aliphatic carbocycles. The van der Waals surface area contributed by atoms with Crippen LogP contribution >= 0.6 is 0 Å². The molecule has 1 amide bonds. The fourth-order valence-electron chi connectivity index (χ4n) is 4.58. The monoisotopic (exact) mass is 400 g/mol. The molecule has 7 nitrogen and oxygen atoms in total. The predicted octanol–water partition coefficient (Wildman–Crippen LogP) is 1.83. The standard InChI is InChI=1S/C21H29FN6O/c1-11-15-14(28-20(16(11)19(24)29)25-10-21(28,2)3)9-13(17(22)18(15)23)26-12-5-7-27(4)8-6-12/h9,12,25-26H,1,5-8,10,23H2,2-4H3,(H2,24,29). The molecule has 6 N–H and O–H groups in total. The van der Waals surface area contributed by atoms with Gasteiger partial charge in [0, 0.05) is 18.2 Å². The molecular formula is C21H29FN6O. The second-order valence-corrected chi connectivity index (χ2v) is 8.84. The van der Waals surface area contributed by atoms with Crippen molar-refractivity contribution in [1.29, 1.82) is 0 Å². The number of carbonyl (C=O) groups is 1. The fraction of sp³-hybridized carbons (Fsp3) is 0.476. The molecule has 4 rings (SSSR count). The predicted molar refractivity (Wildman–Crippen MR) is 115 cm³/mol. The highest BCUT2D eigenvalue weighted by Gasteiger charge is 2.44. The number of hydrogen-bond acceptors (Lipinski definition) is 6. The summed E-state index contributed by atoms with van der Waals surface area (Å²) in [5, 5.41) is 6.63. The fourth-order valence-corrected chi connectivity index (χ4v) is 4.58. The molecule has 0 saturated carbocycles. The van der Waals surface area contributed by atoms with Gasteiger partial charge in [0.05, 0.1) is 28.2 Å².